The van der Waals surface area contributed by atoms with Crippen LogP contribution in [-0.4, -0.2) is 34.1 Å². The first-order valence-electron chi connectivity index (χ1n) is 9.80. The van der Waals surface area contributed by atoms with E-state index in [2.05, 4.69) is 15.5 Å². The fraction of sp³-hybridized carbons (Fsp3) is 0.227. The largest absolute Gasteiger partial charge is 0.354 e. The molecule has 4 rings (SSSR count). The summed E-state index contributed by atoms with van der Waals surface area (Å²) in [6, 6.07) is 19.8. The lowest BCUT2D eigenvalue weighted by atomic mass is 9.97. The molecule has 8 heteroatoms. The maximum absolute atomic E-state index is 12.8. The summed E-state index contributed by atoms with van der Waals surface area (Å²) in [5, 5.41) is 22.6. The van der Waals surface area contributed by atoms with E-state index in [1.807, 2.05) is 47.4 Å². The molecule has 1 saturated heterocycles. The van der Waals surface area contributed by atoms with Gasteiger partial charge in [0.1, 0.15) is 5.69 Å². The predicted octanol–water partition coefficient (Wildman–Crippen LogP) is 3.91. The topological polar surface area (TPSA) is 101 Å². The molecule has 8 nitrogen and oxygen atoms in total. The fourth-order valence-corrected chi connectivity index (χ4v) is 3.63. The van der Waals surface area contributed by atoms with E-state index in [1.54, 1.807) is 18.2 Å². The molecule has 2 heterocycles. The quantitative estimate of drug-likeness (QED) is 0.512. The van der Waals surface area contributed by atoms with Gasteiger partial charge in [-0.25, -0.2) is 0 Å². The van der Waals surface area contributed by atoms with Crippen LogP contribution in [0.5, 0.6) is 0 Å². The number of nitrogens with zero attached hydrogens (tertiary/aromatic N) is 4. The first-order valence-corrected chi connectivity index (χ1v) is 9.80. The molecule has 1 N–H and O–H groups in total. The lowest BCUT2D eigenvalue weighted by Gasteiger charge is -2.32. The van der Waals surface area contributed by atoms with Gasteiger partial charge in [-0.1, -0.05) is 42.5 Å². The van der Waals surface area contributed by atoms with E-state index in [-0.39, 0.29) is 23.2 Å². The van der Waals surface area contributed by atoms with Crippen LogP contribution in [0.15, 0.2) is 66.7 Å². The standard InChI is InChI=1S/C22H21N5O3/c28-22(23-19-10-4-5-11-20(19)27(29)30)17-9-6-14-26(15-17)21-13-12-18(24-25-21)16-7-2-1-3-8-16/h1-5,7-8,10-13,17H,6,9,14-15H2,(H,23,28)/t17-/m1/s1. The zero-order valence-electron chi connectivity index (χ0n) is 16.3. The Hall–Kier alpha value is -3.81. The minimum Gasteiger partial charge on any atom is -0.354 e. The number of benzene rings is 2. The van der Waals surface area contributed by atoms with Crippen molar-refractivity contribution in [2.45, 2.75) is 12.8 Å². The van der Waals surface area contributed by atoms with E-state index >= 15 is 0 Å². The molecule has 0 aliphatic carbocycles. The molecule has 1 aliphatic heterocycles. The van der Waals surface area contributed by atoms with Crippen molar-refractivity contribution in [1.29, 1.82) is 0 Å². The Bertz CT molecular complexity index is 1040. The van der Waals surface area contributed by atoms with Crippen molar-refractivity contribution in [2.24, 2.45) is 5.92 Å². The van der Waals surface area contributed by atoms with Gasteiger partial charge in [0.25, 0.3) is 5.69 Å². The number of carbonyl (C=O) groups is 1. The van der Waals surface area contributed by atoms with E-state index in [4.69, 9.17) is 0 Å². The van der Waals surface area contributed by atoms with Gasteiger partial charge in [0, 0.05) is 24.7 Å². The van der Waals surface area contributed by atoms with Crippen molar-refractivity contribution < 1.29 is 9.72 Å². The van der Waals surface area contributed by atoms with Crippen LogP contribution in [-0.2, 0) is 4.79 Å². The van der Waals surface area contributed by atoms with Crippen molar-refractivity contribution in [1.82, 2.24) is 10.2 Å². The molecule has 3 aromatic rings. The average Bonchev–Trinajstić information content (AvgIpc) is 2.80. The number of carbonyl (C=O) groups excluding carboxylic acids is 1. The third-order valence-corrected chi connectivity index (χ3v) is 5.19. The smallest absolute Gasteiger partial charge is 0.292 e. The molecule has 30 heavy (non-hydrogen) atoms. The fourth-order valence-electron chi connectivity index (χ4n) is 3.63. The lowest BCUT2D eigenvalue weighted by Crippen LogP contribution is -2.41. The SMILES string of the molecule is O=C(Nc1ccccc1[N+](=O)[O-])[C@@H]1CCCN(c2ccc(-c3ccccc3)nn2)C1. The van der Waals surface area contributed by atoms with Gasteiger partial charge < -0.3 is 10.2 Å². The number of hydrogen-bond acceptors (Lipinski definition) is 6. The van der Waals surface area contributed by atoms with Crippen LogP contribution in [0.3, 0.4) is 0 Å². The highest BCUT2D eigenvalue weighted by atomic mass is 16.6. The molecule has 2 aromatic carbocycles. The first-order chi connectivity index (χ1) is 14.6. The van der Waals surface area contributed by atoms with E-state index in [1.165, 1.54) is 6.07 Å². The van der Waals surface area contributed by atoms with Gasteiger partial charge in [-0.2, -0.15) is 0 Å². The third kappa shape index (κ3) is 4.27. The monoisotopic (exact) mass is 403 g/mol. The maximum atomic E-state index is 12.8. The highest BCUT2D eigenvalue weighted by Gasteiger charge is 2.28. The van der Waals surface area contributed by atoms with Crippen LogP contribution in [0, 0.1) is 16.0 Å². The number of rotatable bonds is 5. The second-order valence-corrected chi connectivity index (χ2v) is 7.19. The predicted molar refractivity (Wildman–Crippen MR) is 114 cm³/mol. The highest BCUT2D eigenvalue weighted by molar-refractivity contribution is 5.95. The van der Waals surface area contributed by atoms with Gasteiger partial charge in [0.05, 0.1) is 16.5 Å². The lowest BCUT2D eigenvalue weighted by molar-refractivity contribution is -0.383. The Kier molecular flexibility index (Phi) is 5.65. The Morgan fingerprint density at radius 2 is 1.80 bits per heavy atom. The second-order valence-electron chi connectivity index (χ2n) is 7.19. The molecule has 0 radical (unpaired) electrons. The Morgan fingerprint density at radius 3 is 2.53 bits per heavy atom. The van der Waals surface area contributed by atoms with Crippen LogP contribution < -0.4 is 10.2 Å². The van der Waals surface area contributed by atoms with Crippen LogP contribution in [0.4, 0.5) is 17.2 Å². The summed E-state index contributed by atoms with van der Waals surface area (Å²) < 4.78 is 0. The molecule has 1 amide bonds. The van der Waals surface area contributed by atoms with Crippen molar-refractivity contribution in [3.8, 4) is 11.3 Å². The number of anilines is 2. The molecular formula is C22H21N5O3. The summed E-state index contributed by atoms with van der Waals surface area (Å²) in [7, 11) is 0. The van der Waals surface area contributed by atoms with Gasteiger partial charge in [-0.15, -0.1) is 10.2 Å². The van der Waals surface area contributed by atoms with Crippen LogP contribution >= 0.6 is 0 Å². The molecule has 0 saturated carbocycles. The first kappa shape index (κ1) is 19.5. The Balaban J connectivity index is 1.44. The summed E-state index contributed by atoms with van der Waals surface area (Å²) in [4.78, 5) is 25.5. The van der Waals surface area contributed by atoms with Crippen LogP contribution in [0.1, 0.15) is 12.8 Å². The highest BCUT2D eigenvalue weighted by Crippen LogP contribution is 2.27. The van der Waals surface area contributed by atoms with Gasteiger partial charge in [0.2, 0.25) is 5.91 Å². The van der Waals surface area contributed by atoms with Gasteiger partial charge >= 0.3 is 0 Å². The van der Waals surface area contributed by atoms with Crippen molar-refractivity contribution >= 4 is 23.1 Å². The van der Waals surface area contributed by atoms with Gasteiger partial charge in [-0.05, 0) is 31.0 Å². The average molecular weight is 403 g/mol. The molecule has 1 fully saturated rings. The number of hydrogen-bond donors (Lipinski definition) is 1. The maximum Gasteiger partial charge on any atom is 0.292 e. The minimum absolute atomic E-state index is 0.110. The zero-order chi connectivity index (χ0) is 20.9. The number of aromatic nitrogens is 2. The second kappa shape index (κ2) is 8.69. The van der Waals surface area contributed by atoms with E-state index in [0.717, 1.165) is 36.5 Å². The molecule has 1 aromatic heterocycles. The number of nitro benzene ring substituents is 1. The molecule has 1 aliphatic rings. The summed E-state index contributed by atoms with van der Waals surface area (Å²) in [5.74, 6) is 0.217. The Labute approximate surface area is 173 Å². The van der Waals surface area contributed by atoms with E-state index in [0.29, 0.717) is 6.54 Å². The number of nitro groups is 1. The molecule has 0 spiro atoms. The minimum atomic E-state index is -0.493. The molecule has 1 atom stereocenters. The van der Waals surface area contributed by atoms with Crippen molar-refractivity contribution in [3.63, 3.8) is 0 Å². The molecule has 0 unspecified atom stereocenters. The van der Waals surface area contributed by atoms with Crippen molar-refractivity contribution in [2.75, 3.05) is 23.3 Å². The van der Waals surface area contributed by atoms with E-state index in [9.17, 15) is 14.9 Å². The van der Waals surface area contributed by atoms with Crippen molar-refractivity contribution in [3.05, 3.63) is 76.8 Å². The summed E-state index contributed by atoms with van der Waals surface area (Å²) in [6.45, 7) is 1.28. The molecular weight excluding hydrogens is 382 g/mol. The normalized spacial score (nSPS) is 16.1. The summed E-state index contributed by atoms with van der Waals surface area (Å²) >= 11 is 0. The van der Waals surface area contributed by atoms with Crippen LogP contribution in [0.25, 0.3) is 11.3 Å². The van der Waals surface area contributed by atoms with Crippen LogP contribution in [0.2, 0.25) is 0 Å². The van der Waals surface area contributed by atoms with Gasteiger partial charge in [-0.3, -0.25) is 14.9 Å². The summed E-state index contributed by atoms with van der Waals surface area (Å²) in [6.07, 6.45) is 1.55. The number of para-hydroxylation sites is 2. The zero-order valence-corrected chi connectivity index (χ0v) is 16.3. The van der Waals surface area contributed by atoms with Gasteiger partial charge in [0.15, 0.2) is 5.82 Å². The number of amides is 1. The number of nitrogens with one attached hydrogen (secondary N) is 1. The third-order valence-electron chi connectivity index (χ3n) is 5.19. The Morgan fingerprint density at radius 1 is 1.03 bits per heavy atom. The van der Waals surface area contributed by atoms with E-state index < -0.39 is 4.92 Å². The number of piperidine rings is 1. The molecule has 0 bridgehead atoms. The molecule has 152 valence electrons. The summed E-state index contributed by atoms with van der Waals surface area (Å²) in [5.41, 5.74) is 1.90.